The normalized spacial score (nSPS) is 14.7. The summed E-state index contributed by atoms with van der Waals surface area (Å²) < 4.78 is 2.01. The average Bonchev–Trinajstić information content (AvgIpc) is 3.44. The van der Waals surface area contributed by atoms with Crippen molar-refractivity contribution in [3.05, 3.63) is 82.7 Å². The lowest BCUT2D eigenvalue weighted by Crippen LogP contribution is -2.36. The van der Waals surface area contributed by atoms with Crippen LogP contribution in [0, 0.1) is 13.8 Å². The summed E-state index contributed by atoms with van der Waals surface area (Å²) in [5, 5.41) is 11.5. The van der Waals surface area contributed by atoms with Crippen molar-refractivity contribution in [2.75, 3.05) is 20.1 Å². The van der Waals surface area contributed by atoms with Crippen LogP contribution in [0.4, 0.5) is 0 Å². The fourth-order valence-electron chi connectivity index (χ4n) is 4.29. The molecular formula is C26H34N6. The van der Waals surface area contributed by atoms with E-state index in [1.54, 1.807) is 7.05 Å². The molecule has 2 heterocycles. The van der Waals surface area contributed by atoms with Crippen LogP contribution in [-0.2, 0) is 19.6 Å². The zero-order valence-corrected chi connectivity index (χ0v) is 19.4. The van der Waals surface area contributed by atoms with E-state index in [0.29, 0.717) is 6.54 Å². The topological polar surface area (TPSA) is 57.5 Å². The van der Waals surface area contributed by atoms with Gasteiger partial charge < -0.3 is 10.6 Å². The monoisotopic (exact) mass is 430 g/mol. The molecule has 3 aromatic rings. The molecule has 6 nitrogen and oxygen atoms in total. The molecule has 1 aliphatic heterocycles. The Morgan fingerprint density at radius 1 is 0.938 bits per heavy atom. The molecule has 0 unspecified atom stereocenters. The predicted octanol–water partition coefficient (Wildman–Crippen LogP) is 3.95. The van der Waals surface area contributed by atoms with Crippen LogP contribution in [0.2, 0.25) is 0 Å². The zero-order chi connectivity index (χ0) is 22.3. The van der Waals surface area contributed by atoms with E-state index in [4.69, 9.17) is 0 Å². The first-order valence-corrected chi connectivity index (χ1v) is 11.5. The number of hydrogen-bond donors (Lipinski definition) is 2. The predicted molar refractivity (Wildman–Crippen MR) is 131 cm³/mol. The minimum absolute atomic E-state index is 0.670. The summed E-state index contributed by atoms with van der Waals surface area (Å²) in [6.45, 7) is 9.04. The number of hydrogen-bond acceptors (Lipinski definition) is 3. The Morgan fingerprint density at radius 2 is 1.62 bits per heavy atom. The molecule has 1 fully saturated rings. The molecule has 1 aliphatic rings. The molecule has 32 heavy (non-hydrogen) atoms. The van der Waals surface area contributed by atoms with Gasteiger partial charge in [0.05, 0.1) is 11.4 Å². The van der Waals surface area contributed by atoms with Gasteiger partial charge in [-0.15, -0.1) is 0 Å². The third-order valence-electron chi connectivity index (χ3n) is 5.99. The van der Waals surface area contributed by atoms with E-state index in [-0.39, 0.29) is 0 Å². The van der Waals surface area contributed by atoms with Crippen LogP contribution in [0.5, 0.6) is 0 Å². The maximum atomic E-state index is 4.64. The second-order valence-corrected chi connectivity index (χ2v) is 8.55. The molecule has 1 saturated heterocycles. The van der Waals surface area contributed by atoms with Gasteiger partial charge in [0.2, 0.25) is 0 Å². The molecule has 0 radical (unpaired) electrons. The lowest BCUT2D eigenvalue weighted by molar-refractivity contribution is 0.331. The number of aliphatic imine (C=N–C) groups is 1. The first-order chi connectivity index (χ1) is 15.6. The van der Waals surface area contributed by atoms with E-state index in [1.807, 2.05) is 11.6 Å². The first-order valence-electron chi connectivity index (χ1n) is 11.5. The molecule has 0 atom stereocenters. The second-order valence-electron chi connectivity index (χ2n) is 8.55. The van der Waals surface area contributed by atoms with E-state index in [0.717, 1.165) is 36.1 Å². The fraction of sp³-hybridized carbons (Fsp3) is 0.385. The molecule has 0 bridgehead atoms. The number of benzene rings is 2. The molecule has 0 spiro atoms. The number of aromatic nitrogens is 2. The van der Waals surface area contributed by atoms with Crippen molar-refractivity contribution in [1.82, 2.24) is 25.3 Å². The van der Waals surface area contributed by atoms with Crippen LogP contribution in [-0.4, -0.2) is 40.8 Å². The molecule has 168 valence electrons. The van der Waals surface area contributed by atoms with Gasteiger partial charge in [-0.3, -0.25) is 9.89 Å². The minimum Gasteiger partial charge on any atom is -0.352 e. The Bertz CT molecular complexity index is 1040. The highest BCUT2D eigenvalue weighted by Gasteiger charge is 2.12. The summed E-state index contributed by atoms with van der Waals surface area (Å²) in [6, 6.07) is 19.4. The molecule has 2 N–H and O–H groups in total. The van der Waals surface area contributed by atoms with E-state index >= 15 is 0 Å². The van der Waals surface area contributed by atoms with Crippen molar-refractivity contribution in [3.63, 3.8) is 0 Å². The van der Waals surface area contributed by atoms with Gasteiger partial charge in [0.15, 0.2) is 5.96 Å². The van der Waals surface area contributed by atoms with Crippen molar-refractivity contribution in [2.24, 2.45) is 4.99 Å². The molecule has 2 aromatic carbocycles. The summed E-state index contributed by atoms with van der Waals surface area (Å²) in [5.41, 5.74) is 7.06. The Kier molecular flexibility index (Phi) is 7.22. The molecule has 0 amide bonds. The molecule has 1 aromatic heterocycles. The van der Waals surface area contributed by atoms with Crippen molar-refractivity contribution < 1.29 is 0 Å². The van der Waals surface area contributed by atoms with Gasteiger partial charge in [-0.25, -0.2) is 4.68 Å². The summed E-state index contributed by atoms with van der Waals surface area (Å²) in [6.07, 6.45) is 2.67. The standard InChI is InChI=1S/C26H34N6/c1-20-16-21(2)32(30-20)25-9-5-4-8-24(25)18-29-26(27-3)28-17-22-10-12-23(13-11-22)19-31-14-6-7-15-31/h4-5,8-13,16H,6-7,14-15,17-19H2,1-3H3,(H2,27,28,29). The second kappa shape index (κ2) is 10.5. The smallest absolute Gasteiger partial charge is 0.191 e. The van der Waals surface area contributed by atoms with Gasteiger partial charge in [-0.2, -0.15) is 5.10 Å². The van der Waals surface area contributed by atoms with Crippen LogP contribution in [0.3, 0.4) is 0 Å². The number of nitrogens with one attached hydrogen (secondary N) is 2. The summed E-state index contributed by atoms with van der Waals surface area (Å²) in [4.78, 5) is 6.92. The Morgan fingerprint density at radius 3 is 2.31 bits per heavy atom. The number of likely N-dealkylation sites (tertiary alicyclic amines) is 1. The van der Waals surface area contributed by atoms with E-state index < -0.39 is 0 Å². The van der Waals surface area contributed by atoms with Gasteiger partial charge >= 0.3 is 0 Å². The average molecular weight is 431 g/mol. The molecular weight excluding hydrogens is 396 g/mol. The SMILES string of the molecule is CN=C(NCc1ccc(CN2CCCC2)cc1)NCc1ccccc1-n1nc(C)cc1C. The van der Waals surface area contributed by atoms with Gasteiger partial charge in [-0.1, -0.05) is 42.5 Å². The first kappa shape index (κ1) is 22.1. The number of aryl methyl sites for hydroxylation is 2. The van der Waals surface area contributed by atoms with Crippen LogP contribution in [0.25, 0.3) is 5.69 Å². The molecule has 4 rings (SSSR count). The van der Waals surface area contributed by atoms with Gasteiger partial charge in [0, 0.05) is 32.4 Å². The Labute approximate surface area is 191 Å². The van der Waals surface area contributed by atoms with Gasteiger partial charge in [0.25, 0.3) is 0 Å². The number of rotatable bonds is 7. The lowest BCUT2D eigenvalue weighted by Gasteiger charge is -2.16. The molecule has 0 aliphatic carbocycles. The van der Waals surface area contributed by atoms with E-state index in [2.05, 4.69) is 87.1 Å². The highest BCUT2D eigenvalue weighted by Crippen LogP contribution is 2.17. The Balaban J connectivity index is 1.32. The molecule has 0 saturated carbocycles. The zero-order valence-electron chi connectivity index (χ0n) is 19.4. The summed E-state index contributed by atoms with van der Waals surface area (Å²) >= 11 is 0. The minimum atomic E-state index is 0.670. The maximum Gasteiger partial charge on any atom is 0.191 e. The van der Waals surface area contributed by atoms with Crippen molar-refractivity contribution >= 4 is 5.96 Å². The van der Waals surface area contributed by atoms with Crippen LogP contribution >= 0.6 is 0 Å². The third-order valence-corrected chi connectivity index (χ3v) is 5.99. The van der Waals surface area contributed by atoms with Gasteiger partial charge in [0.1, 0.15) is 0 Å². The van der Waals surface area contributed by atoms with E-state index in [9.17, 15) is 0 Å². The number of para-hydroxylation sites is 1. The fourth-order valence-corrected chi connectivity index (χ4v) is 4.29. The van der Waals surface area contributed by atoms with Crippen molar-refractivity contribution in [3.8, 4) is 5.69 Å². The highest BCUT2D eigenvalue weighted by molar-refractivity contribution is 5.79. The molecule has 6 heteroatoms. The number of nitrogens with zero attached hydrogens (tertiary/aromatic N) is 4. The van der Waals surface area contributed by atoms with Crippen LogP contribution < -0.4 is 10.6 Å². The van der Waals surface area contributed by atoms with Crippen LogP contribution in [0.15, 0.2) is 59.6 Å². The Hall–Kier alpha value is -3.12. The summed E-state index contributed by atoms with van der Waals surface area (Å²) in [5.74, 6) is 0.786. The van der Waals surface area contributed by atoms with Crippen molar-refractivity contribution in [2.45, 2.75) is 46.3 Å². The largest absolute Gasteiger partial charge is 0.352 e. The highest BCUT2D eigenvalue weighted by atomic mass is 15.3. The summed E-state index contributed by atoms with van der Waals surface area (Å²) in [7, 11) is 1.81. The number of guanidine groups is 1. The quantitative estimate of drug-likeness (QED) is 0.440. The van der Waals surface area contributed by atoms with E-state index in [1.165, 1.54) is 42.6 Å². The van der Waals surface area contributed by atoms with Crippen LogP contribution in [0.1, 0.15) is 40.9 Å². The van der Waals surface area contributed by atoms with Crippen molar-refractivity contribution in [1.29, 1.82) is 0 Å². The lowest BCUT2D eigenvalue weighted by atomic mass is 10.1. The third kappa shape index (κ3) is 5.56. The van der Waals surface area contributed by atoms with Gasteiger partial charge in [-0.05, 0) is 68.6 Å². The maximum absolute atomic E-state index is 4.64.